The largest absolute Gasteiger partial charge is 0.493 e. The van der Waals surface area contributed by atoms with E-state index in [9.17, 15) is 0 Å². The topological polar surface area (TPSA) is 21.3 Å². The van der Waals surface area contributed by atoms with Crippen LogP contribution >= 0.6 is 0 Å². The molecule has 0 spiro atoms. The minimum Gasteiger partial charge on any atom is -0.493 e. The predicted molar refractivity (Wildman–Crippen MR) is 76.4 cm³/mol. The zero-order valence-electron chi connectivity index (χ0n) is 11.9. The standard InChI is InChI=1S/C16H25NO/c1-12-6-7-13(2)16(14(12)3)18-10-8-15-5-4-9-17-11-15/h6-7,15,17H,4-5,8-11H2,1-3H3. The van der Waals surface area contributed by atoms with Crippen LogP contribution in [0.15, 0.2) is 12.1 Å². The van der Waals surface area contributed by atoms with Crippen molar-refractivity contribution in [3.8, 4) is 5.75 Å². The Morgan fingerprint density at radius 2 is 2.00 bits per heavy atom. The molecule has 0 aliphatic carbocycles. The highest BCUT2D eigenvalue weighted by atomic mass is 16.5. The molecule has 0 aromatic heterocycles. The Hall–Kier alpha value is -1.02. The summed E-state index contributed by atoms with van der Waals surface area (Å²) in [5, 5.41) is 3.46. The van der Waals surface area contributed by atoms with Gasteiger partial charge < -0.3 is 10.1 Å². The van der Waals surface area contributed by atoms with Crippen molar-refractivity contribution in [2.24, 2.45) is 5.92 Å². The molecule has 2 heteroatoms. The first-order chi connectivity index (χ1) is 8.68. The lowest BCUT2D eigenvalue weighted by atomic mass is 9.97. The number of nitrogens with one attached hydrogen (secondary N) is 1. The summed E-state index contributed by atoms with van der Waals surface area (Å²) < 4.78 is 6.02. The van der Waals surface area contributed by atoms with E-state index in [2.05, 4.69) is 38.2 Å². The quantitative estimate of drug-likeness (QED) is 0.880. The van der Waals surface area contributed by atoms with Crippen LogP contribution in [0.2, 0.25) is 0 Å². The van der Waals surface area contributed by atoms with Crippen molar-refractivity contribution in [1.82, 2.24) is 5.32 Å². The second-order valence-electron chi connectivity index (χ2n) is 5.50. The van der Waals surface area contributed by atoms with E-state index in [4.69, 9.17) is 4.74 Å². The van der Waals surface area contributed by atoms with E-state index < -0.39 is 0 Å². The molecule has 1 unspecified atom stereocenters. The third-order valence-electron chi connectivity index (χ3n) is 4.05. The Morgan fingerprint density at radius 3 is 2.72 bits per heavy atom. The van der Waals surface area contributed by atoms with Crippen molar-refractivity contribution in [3.63, 3.8) is 0 Å². The molecule has 1 aromatic carbocycles. The summed E-state index contributed by atoms with van der Waals surface area (Å²) >= 11 is 0. The number of aryl methyl sites for hydroxylation is 2. The van der Waals surface area contributed by atoms with Gasteiger partial charge in [0.25, 0.3) is 0 Å². The highest BCUT2D eigenvalue weighted by Crippen LogP contribution is 2.26. The van der Waals surface area contributed by atoms with Crippen molar-refractivity contribution in [3.05, 3.63) is 28.8 Å². The van der Waals surface area contributed by atoms with E-state index in [0.29, 0.717) is 0 Å². The van der Waals surface area contributed by atoms with E-state index in [0.717, 1.165) is 24.8 Å². The van der Waals surface area contributed by atoms with Gasteiger partial charge in [0, 0.05) is 0 Å². The van der Waals surface area contributed by atoms with Crippen LogP contribution in [0, 0.1) is 26.7 Å². The SMILES string of the molecule is Cc1ccc(C)c(OCCC2CCCNC2)c1C. The minimum absolute atomic E-state index is 0.796. The first-order valence-corrected chi connectivity index (χ1v) is 7.09. The van der Waals surface area contributed by atoms with Crippen LogP contribution < -0.4 is 10.1 Å². The molecular weight excluding hydrogens is 222 g/mol. The Balaban J connectivity index is 1.88. The lowest BCUT2D eigenvalue weighted by Crippen LogP contribution is -2.30. The molecule has 18 heavy (non-hydrogen) atoms. The van der Waals surface area contributed by atoms with E-state index in [-0.39, 0.29) is 0 Å². The highest BCUT2D eigenvalue weighted by Gasteiger charge is 2.13. The molecule has 1 fully saturated rings. The third-order valence-corrected chi connectivity index (χ3v) is 4.05. The van der Waals surface area contributed by atoms with E-state index in [1.165, 1.54) is 42.5 Å². The van der Waals surface area contributed by atoms with Crippen molar-refractivity contribution in [2.45, 2.75) is 40.0 Å². The molecule has 2 nitrogen and oxygen atoms in total. The van der Waals surface area contributed by atoms with Gasteiger partial charge in [0.15, 0.2) is 0 Å². The summed E-state index contributed by atoms with van der Waals surface area (Å²) in [6.07, 6.45) is 3.83. The summed E-state index contributed by atoms with van der Waals surface area (Å²) in [6, 6.07) is 4.32. The van der Waals surface area contributed by atoms with Crippen LogP contribution in [0.3, 0.4) is 0 Å². The first kappa shape index (κ1) is 13.4. The van der Waals surface area contributed by atoms with Gasteiger partial charge in [0.1, 0.15) is 5.75 Å². The van der Waals surface area contributed by atoms with Crippen LogP contribution in [0.1, 0.15) is 36.0 Å². The molecule has 1 aliphatic rings. The maximum Gasteiger partial charge on any atom is 0.125 e. The molecule has 1 aliphatic heterocycles. The molecule has 0 bridgehead atoms. The molecular formula is C16H25NO. The average molecular weight is 247 g/mol. The Morgan fingerprint density at radius 1 is 1.22 bits per heavy atom. The van der Waals surface area contributed by atoms with Gasteiger partial charge in [-0.15, -0.1) is 0 Å². The summed E-state index contributed by atoms with van der Waals surface area (Å²) in [5.74, 6) is 1.89. The van der Waals surface area contributed by atoms with Gasteiger partial charge in [0.2, 0.25) is 0 Å². The lowest BCUT2D eigenvalue weighted by Gasteiger charge is -2.23. The fraction of sp³-hybridized carbons (Fsp3) is 0.625. The second kappa shape index (κ2) is 6.24. The van der Waals surface area contributed by atoms with Gasteiger partial charge >= 0.3 is 0 Å². The zero-order valence-corrected chi connectivity index (χ0v) is 11.9. The fourth-order valence-electron chi connectivity index (χ4n) is 2.65. The van der Waals surface area contributed by atoms with Crippen molar-refractivity contribution in [2.75, 3.05) is 19.7 Å². The molecule has 0 saturated carbocycles. The smallest absolute Gasteiger partial charge is 0.125 e. The number of ether oxygens (including phenoxy) is 1. The van der Waals surface area contributed by atoms with E-state index in [1.807, 2.05) is 0 Å². The molecule has 0 radical (unpaired) electrons. The molecule has 0 amide bonds. The third kappa shape index (κ3) is 3.26. The van der Waals surface area contributed by atoms with E-state index >= 15 is 0 Å². The van der Waals surface area contributed by atoms with Crippen molar-refractivity contribution in [1.29, 1.82) is 0 Å². The predicted octanol–water partition coefficient (Wildman–Crippen LogP) is 3.38. The van der Waals surface area contributed by atoms with Crippen LogP contribution in [0.25, 0.3) is 0 Å². The monoisotopic (exact) mass is 247 g/mol. The maximum absolute atomic E-state index is 6.02. The molecule has 1 saturated heterocycles. The molecule has 1 atom stereocenters. The van der Waals surface area contributed by atoms with Gasteiger partial charge in [-0.2, -0.15) is 0 Å². The summed E-state index contributed by atoms with van der Waals surface area (Å²) in [6.45, 7) is 9.62. The van der Waals surface area contributed by atoms with Gasteiger partial charge in [0.05, 0.1) is 6.61 Å². The Labute approximate surface area is 111 Å². The normalized spacial score (nSPS) is 19.8. The highest BCUT2D eigenvalue weighted by molar-refractivity contribution is 5.44. The molecule has 1 N–H and O–H groups in total. The van der Waals surface area contributed by atoms with Crippen LogP contribution in [-0.4, -0.2) is 19.7 Å². The fourth-order valence-corrected chi connectivity index (χ4v) is 2.65. The van der Waals surface area contributed by atoms with Gasteiger partial charge in [-0.3, -0.25) is 0 Å². The lowest BCUT2D eigenvalue weighted by molar-refractivity contribution is 0.252. The number of piperidine rings is 1. The Kier molecular flexibility index (Phi) is 4.65. The van der Waals surface area contributed by atoms with Gasteiger partial charge in [-0.1, -0.05) is 12.1 Å². The maximum atomic E-state index is 6.02. The van der Waals surface area contributed by atoms with Crippen molar-refractivity contribution < 1.29 is 4.74 Å². The summed E-state index contributed by atoms with van der Waals surface area (Å²) in [5.41, 5.74) is 3.85. The summed E-state index contributed by atoms with van der Waals surface area (Å²) in [7, 11) is 0. The van der Waals surface area contributed by atoms with Gasteiger partial charge in [-0.25, -0.2) is 0 Å². The minimum atomic E-state index is 0.796. The number of hydrogen-bond acceptors (Lipinski definition) is 2. The second-order valence-corrected chi connectivity index (χ2v) is 5.50. The van der Waals surface area contributed by atoms with Crippen LogP contribution in [0.4, 0.5) is 0 Å². The average Bonchev–Trinajstić information content (AvgIpc) is 2.39. The van der Waals surface area contributed by atoms with Crippen LogP contribution in [0.5, 0.6) is 5.75 Å². The number of rotatable bonds is 4. The van der Waals surface area contributed by atoms with Crippen molar-refractivity contribution >= 4 is 0 Å². The van der Waals surface area contributed by atoms with E-state index in [1.54, 1.807) is 0 Å². The molecule has 100 valence electrons. The Bertz CT molecular complexity index is 394. The molecule has 1 heterocycles. The first-order valence-electron chi connectivity index (χ1n) is 7.09. The molecule has 1 aromatic rings. The zero-order chi connectivity index (χ0) is 13.0. The van der Waals surface area contributed by atoms with Crippen LogP contribution in [-0.2, 0) is 0 Å². The number of benzene rings is 1. The number of hydrogen-bond donors (Lipinski definition) is 1. The molecule has 2 rings (SSSR count). The summed E-state index contributed by atoms with van der Waals surface area (Å²) in [4.78, 5) is 0. The van der Waals surface area contributed by atoms with Gasteiger partial charge in [-0.05, 0) is 75.7 Å².